The topological polar surface area (TPSA) is 32.3 Å². The summed E-state index contributed by atoms with van der Waals surface area (Å²) in [4.78, 5) is 13.9. The van der Waals surface area contributed by atoms with Crippen molar-refractivity contribution in [3.05, 3.63) is 0 Å². The highest BCUT2D eigenvalue weighted by Gasteiger charge is 2.30. The lowest BCUT2D eigenvalue weighted by Gasteiger charge is -2.23. The molecule has 0 aromatic carbocycles. The molecular formula is C12H24N2O. The van der Waals surface area contributed by atoms with Crippen molar-refractivity contribution >= 4 is 5.91 Å². The Morgan fingerprint density at radius 3 is 2.33 bits per heavy atom. The molecule has 1 aliphatic rings. The van der Waals surface area contributed by atoms with E-state index in [1.54, 1.807) is 0 Å². The minimum atomic E-state index is 0.164. The molecule has 0 heterocycles. The SMILES string of the molecule is CC(C)CN(CC(=O)NC(C)C)C1CC1. The zero-order chi connectivity index (χ0) is 11.4. The second-order valence-electron chi connectivity index (χ2n) is 5.28. The molecule has 0 aromatic rings. The minimum absolute atomic E-state index is 0.164. The third-order valence-corrected chi connectivity index (χ3v) is 2.46. The van der Waals surface area contributed by atoms with E-state index in [0.29, 0.717) is 18.5 Å². The maximum atomic E-state index is 11.6. The first-order valence-corrected chi connectivity index (χ1v) is 6.02. The Bertz CT molecular complexity index is 210. The van der Waals surface area contributed by atoms with Crippen LogP contribution in [0.1, 0.15) is 40.5 Å². The second kappa shape index (κ2) is 5.50. The largest absolute Gasteiger partial charge is 0.353 e. The van der Waals surface area contributed by atoms with E-state index in [1.807, 2.05) is 13.8 Å². The van der Waals surface area contributed by atoms with Crippen LogP contribution in [0.3, 0.4) is 0 Å². The van der Waals surface area contributed by atoms with Gasteiger partial charge in [-0.05, 0) is 32.6 Å². The summed E-state index contributed by atoms with van der Waals surface area (Å²) in [7, 11) is 0. The van der Waals surface area contributed by atoms with Crippen LogP contribution in [0.5, 0.6) is 0 Å². The molecule has 0 unspecified atom stereocenters. The van der Waals surface area contributed by atoms with Crippen LogP contribution >= 0.6 is 0 Å². The molecule has 1 saturated carbocycles. The van der Waals surface area contributed by atoms with Gasteiger partial charge in [0.15, 0.2) is 0 Å². The molecule has 0 radical (unpaired) electrons. The smallest absolute Gasteiger partial charge is 0.234 e. The van der Waals surface area contributed by atoms with Crippen LogP contribution < -0.4 is 5.32 Å². The van der Waals surface area contributed by atoms with Gasteiger partial charge in [0.25, 0.3) is 0 Å². The quantitative estimate of drug-likeness (QED) is 0.726. The highest BCUT2D eigenvalue weighted by molar-refractivity contribution is 5.78. The number of amides is 1. The van der Waals surface area contributed by atoms with Gasteiger partial charge in [-0.2, -0.15) is 0 Å². The lowest BCUT2D eigenvalue weighted by Crippen LogP contribution is -2.42. The van der Waals surface area contributed by atoms with Crippen LogP contribution in [0.2, 0.25) is 0 Å². The fourth-order valence-corrected chi connectivity index (χ4v) is 1.80. The van der Waals surface area contributed by atoms with E-state index < -0.39 is 0 Å². The van der Waals surface area contributed by atoms with Crippen LogP contribution in [0, 0.1) is 5.92 Å². The van der Waals surface area contributed by atoms with Crippen molar-refractivity contribution < 1.29 is 4.79 Å². The number of carbonyl (C=O) groups is 1. The molecule has 0 atom stereocenters. The number of hydrogen-bond donors (Lipinski definition) is 1. The molecule has 15 heavy (non-hydrogen) atoms. The standard InChI is InChI=1S/C12H24N2O/c1-9(2)7-14(11-5-6-11)8-12(15)13-10(3)4/h9-11H,5-8H2,1-4H3,(H,13,15). The molecule has 1 aliphatic carbocycles. The summed E-state index contributed by atoms with van der Waals surface area (Å²) >= 11 is 0. The molecule has 0 aromatic heterocycles. The van der Waals surface area contributed by atoms with E-state index in [4.69, 9.17) is 0 Å². The van der Waals surface area contributed by atoms with Crippen molar-refractivity contribution in [2.45, 2.75) is 52.6 Å². The number of hydrogen-bond acceptors (Lipinski definition) is 2. The van der Waals surface area contributed by atoms with Crippen molar-refractivity contribution in [2.75, 3.05) is 13.1 Å². The molecule has 0 saturated heterocycles. The first-order chi connectivity index (χ1) is 6.99. The van der Waals surface area contributed by atoms with Crippen molar-refractivity contribution in [3.8, 4) is 0 Å². The summed E-state index contributed by atoms with van der Waals surface area (Å²) in [6.45, 7) is 10.0. The molecule has 88 valence electrons. The minimum Gasteiger partial charge on any atom is -0.353 e. The summed E-state index contributed by atoms with van der Waals surface area (Å²) in [5.41, 5.74) is 0. The lowest BCUT2D eigenvalue weighted by molar-refractivity contribution is -0.123. The number of rotatable bonds is 6. The maximum Gasteiger partial charge on any atom is 0.234 e. The van der Waals surface area contributed by atoms with Crippen molar-refractivity contribution in [1.29, 1.82) is 0 Å². The monoisotopic (exact) mass is 212 g/mol. The summed E-state index contributed by atoms with van der Waals surface area (Å²) in [5.74, 6) is 0.801. The summed E-state index contributed by atoms with van der Waals surface area (Å²) in [5, 5.41) is 2.95. The molecule has 1 rings (SSSR count). The van der Waals surface area contributed by atoms with E-state index in [1.165, 1.54) is 12.8 Å². The highest BCUT2D eigenvalue weighted by atomic mass is 16.2. The van der Waals surface area contributed by atoms with Crippen LogP contribution in [0.15, 0.2) is 0 Å². The van der Waals surface area contributed by atoms with E-state index in [-0.39, 0.29) is 11.9 Å². The van der Waals surface area contributed by atoms with Crippen molar-refractivity contribution in [2.24, 2.45) is 5.92 Å². The third-order valence-electron chi connectivity index (χ3n) is 2.46. The summed E-state index contributed by atoms with van der Waals surface area (Å²) < 4.78 is 0. The number of nitrogens with one attached hydrogen (secondary N) is 1. The molecule has 0 aliphatic heterocycles. The van der Waals surface area contributed by atoms with Crippen molar-refractivity contribution in [1.82, 2.24) is 10.2 Å². The van der Waals surface area contributed by atoms with Crippen LogP contribution in [0.25, 0.3) is 0 Å². The average molecular weight is 212 g/mol. The van der Waals surface area contributed by atoms with E-state index in [2.05, 4.69) is 24.1 Å². The van der Waals surface area contributed by atoms with E-state index in [9.17, 15) is 4.79 Å². The number of carbonyl (C=O) groups excluding carboxylic acids is 1. The predicted octanol–water partition coefficient (Wildman–Crippen LogP) is 1.63. The van der Waals surface area contributed by atoms with Gasteiger partial charge in [-0.1, -0.05) is 13.8 Å². The Kier molecular flexibility index (Phi) is 4.58. The van der Waals surface area contributed by atoms with Gasteiger partial charge in [0.2, 0.25) is 5.91 Å². The molecule has 3 heteroatoms. The third kappa shape index (κ3) is 5.17. The first-order valence-electron chi connectivity index (χ1n) is 6.02. The first kappa shape index (κ1) is 12.5. The Morgan fingerprint density at radius 2 is 1.93 bits per heavy atom. The van der Waals surface area contributed by atoms with Gasteiger partial charge in [-0.25, -0.2) is 0 Å². The van der Waals surface area contributed by atoms with Gasteiger partial charge < -0.3 is 5.32 Å². The Morgan fingerprint density at radius 1 is 1.33 bits per heavy atom. The van der Waals surface area contributed by atoms with Gasteiger partial charge in [0.1, 0.15) is 0 Å². The predicted molar refractivity (Wildman–Crippen MR) is 62.7 cm³/mol. The summed E-state index contributed by atoms with van der Waals surface area (Å²) in [6, 6.07) is 0.919. The normalized spacial score (nSPS) is 16.5. The van der Waals surface area contributed by atoms with Gasteiger partial charge in [-0.3, -0.25) is 9.69 Å². The van der Waals surface area contributed by atoms with Gasteiger partial charge >= 0.3 is 0 Å². The summed E-state index contributed by atoms with van der Waals surface area (Å²) in [6.07, 6.45) is 2.53. The van der Waals surface area contributed by atoms with Crippen LogP contribution in [-0.4, -0.2) is 36.0 Å². The maximum absolute atomic E-state index is 11.6. The molecule has 1 N–H and O–H groups in total. The van der Waals surface area contributed by atoms with Crippen molar-refractivity contribution in [3.63, 3.8) is 0 Å². The molecule has 0 spiro atoms. The second-order valence-corrected chi connectivity index (χ2v) is 5.28. The Hall–Kier alpha value is -0.570. The van der Waals surface area contributed by atoms with Gasteiger partial charge in [-0.15, -0.1) is 0 Å². The van der Waals surface area contributed by atoms with Gasteiger partial charge in [0.05, 0.1) is 6.54 Å². The van der Waals surface area contributed by atoms with E-state index in [0.717, 1.165) is 6.54 Å². The van der Waals surface area contributed by atoms with Crippen LogP contribution in [0.4, 0.5) is 0 Å². The van der Waals surface area contributed by atoms with Gasteiger partial charge in [0, 0.05) is 18.6 Å². The molecule has 1 amide bonds. The van der Waals surface area contributed by atoms with E-state index >= 15 is 0 Å². The number of nitrogens with zero attached hydrogens (tertiary/aromatic N) is 1. The Balaban J connectivity index is 2.33. The molecule has 0 bridgehead atoms. The Labute approximate surface area is 93.2 Å². The molecule has 1 fully saturated rings. The lowest BCUT2D eigenvalue weighted by atomic mass is 10.2. The molecular weight excluding hydrogens is 188 g/mol. The zero-order valence-electron chi connectivity index (χ0n) is 10.4. The fraction of sp³-hybridized carbons (Fsp3) is 0.917. The fourth-order valence-electron chi connectivity index (χ4n) is 1.80. The molecule has 3 nitrogen and oxygen atoms in total. The zero-order valence-corrected chi connectivity index (χ0v) is 10.4. The average Bonchev–Trinajstić information content (AvgIpc) is 2.81. The highest BCUT2D eigenvalue weighted by Crippen LogP contribution is 2.27. The van der Waals surface area contributed by atoms with Crippen LogP contribution in [-0.2, 0) is 4.79 Å².